The minimum absolute atomic E-state index is 0.815. The summed E-state index contributed by atoms with van der Waals surface area (Å²) in [6.45, 7) is 14.2. The van der Waals surface area contributed by atoms with Crippen molar-refractivity contribution in [3.63, 3.8) is 0 Å². The van der Waals surface area contributed by atoms with Crippen LogP contribution >= 0.6 is 68.0 Å². The molecular formula is C50H66S6. The standard InChI is InChI=1S/C50H66S6/c1-7-13-17-19-23-35-39(29-33(11-5)21-15-9-3)53-43-31-41(55-47(35)43)45-37-25-27-52-50(37)46(38-26-28-51-49(38)45)42-32-44-48(56-42)36(24-20-18-14-8-2)40(54-44)30-34(12-6)22-16-10-4/h25-28,31-34H,7-24,29-30H2,1-6H3. The monoisotopic (exact) mass is 858 g/mol. The van der Waals surface area contributed by atoms with E-state index >= 15 is 0 Å². The Kier molecular flexibility index (Phi) is 15.7. The van der Waals surface area contributed by atoms with Crippen molar-refractivity contribution in [3.05, 3.63) is 55.9 Å². The van der Waals surface area contributed by atoms with Crippen molar-refractivity contribution in [2.45, 2.75) is 170 Å². The average Bonchev–Trinajstić information content (AvgIpc) is 4.07. The SMILES string of the molecule is CCCCCCc1c(CC(CC)CCCC)sc2cc(-c3c4ccsc4c(-c4cc5sc(CC(CC)CCCC)c(CCCCCC)c5s4)c4ccsc34)sc12. The minimum Gasteiger partial charge on any atom is -0.143 e. The van der Waals surface area contributed by atoms with E-state index in [2.05, 4.69) is 122 Å². The van der Waals surface area contributed by atoms with Crippen molar-refractivity contribution in [3.8, 4) is 20.9 Å². The second-order valence-corrected chi connectivity index (χ2v) is 22.8. The Morgan fingerprint density at radius 1 is 0.464 bits per heavy atom. The first-order chi connectivity index (χ1) is 27.5. The topological polar surface area (TPSA) is 0 Å². The molecule has 1 aromatic carbocycles. The maximum atomic E-state index is 2.60. The van der Waals surface area contributed by atoms with Gasteiger partial charge in [0, 0.05) is 69.6 Å². The van der Waals surface area contributed by atoms with E-state index in [9.17, 15) is 0 Å². The highest BCUT2D eigenvalue weighted by atomic mass is 32.1. The van der Waals surface area contributed by atoms with Crippen LogP contribution in [0.3, 0.4) is 0 Å². The van der Waals surface area contributed by atoms with Gasteiger partial charge in [-0.3, -0.25) is 0 Å². The van der Waals surface area contributed by atoms with Gasteiger partial charge in [-0.2, -0.15) is 0 Å². The van der Waals surface area contributed by atoms with E-state index in [1.165, 1.54) is 179 Å². The lowest BCUT2D eigenvalue weighted by atomic mass is 9.93. The molecule has 0 spiro atoms. The van der Waals surface area contributed by atoms with Gasteiger partial charge < -0.3 is 0 Å². The van der Waals surface area contributed by atoms with Crippen molar-refractivity contribution >= 4 is 107 Å². The fraction of sp³-hybridized carbons (Fsp3) is 0.560. The zero-order chi connectivity index (χ0) is 39.0. The number of thiophene rings is 6. The van der Waals surface area contributed by atoms with Crippen LogP contribution in [0.15, 0.2) is 35.0 Å². The molecule has 302 valence electrons. The largest absolute Gasteiger partial charge is 0.143 e. The van der Waals surface area contributed by atoms with E-state index < -0.39 is 0 Å². The fourth-order valence-corrected chi connectivity index (χ4v) is 17.0. The predicted molar refractivity (Wildman–Crippen MR) is 264 cm³/mol. The molecule has 0 saturated carbocycles. The van der Waals surface area contributed by atoms with Crippen LogP contribution in [0.5, 0.6) is 0 Å². The Bertz CT molecular complexity index is 2070. The van der Waals surface area contributed by atoms with E-state index in [-0.39, 0.29) is 0 Å². The van der Waals surface area contributed by atoms with E-state index in [0.29, 0.717) is 0 Å². The molecule has 2 atom stereocenters. The van der Waals surface area contributed by atoms with E-state index in [1.807, 2.05) is 22.7 Å². The first-order valence-electron chi connectivity index (χ1n) is 22.5. The lowest BCUT2D eigenvalue weighted by molar-refractivity contribution is 0.451. The molecule has 0 bridgehead atoms. The van der Waals surface area contributed by atoms with Gasteiger partial charge in [0.1, 0.15) is 0 Å². The summed E-state index contributed by atoms with van der Waals surface area (Å²) >= 11 is 12.4. The smallest absolute Gasteiger partial charge is 0.0492 e. The Morgan fingerprint density at radius 3 is 1.29 bits per heavy atom. The number of hydrogen-bond acceptors (Lipinski definition) is 6. The number of unbranched alkanes of at least 4 members (excludes halogenated alkanes) is 8. The summed E-state index contributed by atoms with van der Waals surface area (Å²) in [7, 11) is 0. The van der Waals surface area contributed by atoms with Crippen LogP contribution < -0.4 is 0 Å². The second kappa shape index (κ2) is 20.6. The zero-order valence-electron chi connectivity index (χ0n) is 35.2. The summed E-state index contributed by atoms with van der Waals surface area (Å²) < 4.78 is 9.23. The van der Waals surface area contributed by atoms with Gasteiger partial charge in [0.2, 0.25) is 0 Å². The number of benzene rings is 1. The molecule has 0 aliphatic heterocycles. The molecule has 0 fully saturated rings. The van der Waals surface area contributed by atoms with Gasteiger partial charge in [0.25, 0.3) is 0 Å². The van der Waals surface area contributed by atoms with Gasteiger partial charge in [-0.1, -0.05) is 131 Å². The van der Waals surface area contributed by atoms with Crippen LogP contribution in [0, 0.1) is 11.8 Å². The van der Waals surface area contributed by atoms with E-state index in [4.69, 9.17) is 0 Å². The third-order valence-corrected chi connectivity index (χ3v) is 19.4. The lowest BCUT2D eigenvalue weighted by Gasteiger charge is -2.15. The van der Waals surface area contributed by atoms with Gasteiger partial charge in [0.05, 0.1) is 0 Å². The van der Waals surface area contributed by atoms with Crippen molar-refractivity contribution < 1.29 is 0 Å². The van der Waals surface area contributed by atoms with Crippen molar-refractivity contribution in [2.75, 3.05) is 0 Å². The first kappa shape index (κ1) is 42.6. The summed E-state index contributed by atoms with van der Waals surface area (Å²) in [5.41, 5.74) is 6.39. The Morgan fingerprint density at radius 2 is 0.893 bits per heavy atom. The third kappa shape index (κ3) is 9.26. The molecule has 6 aromatic heterocycles. The molecule has 7 aromatic rings. The highest BCUT2D eigenvalue weighted by Gasteiger charge is 2.25. The van der Waals surface area contributed by atoms with Crippen LogP contribution in [-0.4, -0.2) is 0 Å². The molecular weight excluding hydrogens is 793 g/mol. The number of aryl methyl sites for hydroxylation is 2. The molecule has 0 aliphatic rings. The van der Waals surface area contributed by atoms with E-state index in [1.54, 1.807) is 30.3 Å². The minimum atomic E-state index is 0.815. The Labute approximate surface area is 362 Å². The summed E-state index contributed by atoms with van der Waals surface area (Å²) in [6, 6.07) is 10.1. The van der Waals surface area contributed by atoms with E-state index in [0.717, 1.165) is 11.8 Å². The summed E-state index contributed by atoms with van der Waals surface area (Å²) in [4.78, 5) is 6.36. The molecule has 0 amide bonds. The Balaban J connectivity index is 1.28. The Hall–Kier alpha value is -1.54. The van der Waals surface area contributed by atoms with Gasteiger partial charge in [-0.05, 0) is 96.5 Å². The summed E-state index contributed by atoms with van der Waals surface area (Å²) in [5, 5.41) is 7.65. The van der Waals surface area contributed by atoms with Gasteiger partial charge >= 0.3 is 0 Å². The van der Waals surface area contributed by atoms with Crippen LogP contribution in [0.25, 0.3) is 59.9 Å². The lowest BCUT2D eigenvalue weighted by Crippen LogP contribution is -2.04. The van der Waals surface area contributed by atoms with Crippen LogP contribution in [0.1, 0.15) is 165 Å². The number of rotatable bonds is 24. The molecule has 6 heteroatoms. The molecule has 7 rings (SSSR count). The van der Waals surface area contributed by atoms with Crippen LogP contribution in [0.2, 0.25) is 0 Å². The second-order valence-electron chi connectivity index (χ2n) is 16.6. The molecule has 0 nitrogen and oxygen atoms in total. The van der Waals surface area contributed by atoms with Crippen molar-refractivity contribution in [1.82, 2.24) is 0 Å². The molecule has 0 radical (unpaired) electrons. The molecule has 6 heterocycles. The highest BCUT2D eigenvalue weighted by Crippen LogP contribution is 2.54. The summed E-state index contributed by atoms with van der Waals surface area (Å²) in [6.07, 6.45) is 26.4. The maximum Gasteiger partial charge on any atom is 0.0492 e. The average molecular weight is 859 g/mol. The summed E-state index contributed by atoms with van der Waals surface area (Å²) in [5.74, 6) is 1.63. The normalized spacial score (nSPS) is 13.4. The first-order valence-corrected chi connectivity index (χ1v) is 27.5. The molecule has 2 unspecified atom stereocenters. The third-order valence-electron chi connectivity index (χ3n) is 12.5. The molecule has 0 N–H and O–H groups in total. The highest BCUT2D eigenvalue weighted by molar-refractivity contribution is 7.31. The van der Waals surface area contributed by atoms with Gasteiger partial charge in [-0.15, -0.1) is 68.0 Å². The number of fused-ring (bicyclic) bond motifs is 4. The molecule has 0 aliphatic carbocycles. The fourth-order valence-electron chi connectivity index (χ4n) is 9.05. The molecule has 56 heavy (non-hydrogen) atoms. The van der Waals surface area contributed by atoms with Crippen molar-refractivity contribution in [2.24, 2.45) is 11.8 Å². The van der Waals surface area contributed by atoms with Crippen LogP contribution in [-0.2, 0) is 25.7 Å². The molecule has 0 saturated heterocycles. The quantitative estimate of drug-likeness (QED) is 0.0531. The van der Waals surface area contributed by atoms with Gasteiger partial charge in [0.15, 0.2) is 0 Å². The van der Waals surface area contributed by atoms with Crippen LogP contribution in [0.4, 0.5) is 0 Å². The zero-order valence-corrected chi connectivity index (χ0v) is 40.1. The number of hydrogen-bond donors (Lipinski definition) is 0. The van der Waals surface area contributed by atoms with Gasteiger partial charge in [-0.25, -0.2) is 0 Å². The predicted octanol–water partition coefficient (Wildman–Crippen LogP) is 19.8. The van der Waals surface area contributed by atoms with Crippen molar-refractivity contribution in [1.29, 1.82) is 0 Å². The maximum absolute atomic E-state index is 2.60.